The van der Waals surface area contributed by atoms with Crippen LogP contribution in [-0.4, -0.2) is 164 Å². The van der Waals surface area contributed by atoms with Crippen molar-refractivity contribution in [1.82, 2.24) is 63.4 Å². The highest BCUT2D eigenvalue weighted by Gasteiger charge is 2.32. The van der Waals surface area contributed by atoms with Crippen LogP contribution in [0.15, 0.2) is 73.6 Å². The average Bonchev–Trinajstić information content (AvgIpc) is 3.37. The molecule has 10 heterocycles. The van der Waals surface area contributed by atoms with E-state index >= 15 is 0 Å². The molecule has 12 rings (SSSR count). The fourth-order valence-corrected chi connectivity index (χ4v) is 11.4. The summed E-state index contributed by atoms with van der Waals surface area (Å²) in [5.41, 5.74) is 16.1. The van der Waals surface area contributed by atoms with Crippen LogP contribution in [0.2, 0.25) is 5.28 Å². The van der Waals surface area contributed by atoms with E-state index in [9.17, 15) is 9.59 Å². The van der Waals surface area contributed by atoms with Gasteiger partial charge in [-0.3, -0.25) is 19.4 Å². The number of carbonyl (C=O) groups excluding carboxylic acids is 2. The van der Waals surface area contributed by atoms with E-state index in [0.717, 1.165) is 98.9 Å². The third kappa shape index (κ3) is 13.7. The second-order valence-electron chi connectivity index (χ2n) is 21.1. The number of amides is 2. The summed E-state index contributed by atoms with van der Waals surface area (Å²) >= 11 is 6.30. The summed E-state index contributed by atoms with van der Waals surface area (Å²) in [6.07, 6.45) is 18.1. The first kappa shape index (κ1) is 59.6. The maximum atomic E-state index is 12.2. The third-order valence-electron chi connectivity index (χ3n) is 15.6. The Kier molecular flexibility index (Phi) is 19.2. The number of piperidine rings is 2. The quantitative estimate of drug-likeness (QED) is 0.0565. The third-order valence-corrected chi connectivity index (χ3v) is 15.8. The van der Waals surface area contributed by atoms with E-state index in [0.29, 0.717) is 76.7 Å². The van der Waals surface area contributed by atoms with E-state index in [1.54, 1.807) is 55.3 Å². The van der Waals surface area contributed by atoms with Gasteiger partial charge in [-0.25, -0.2) is 19.0 Å². The SMILES string of the molecule is COc1cc(-n2cnc(Nc3nc(Cl)nn4c(CN5CCCCC5)ccc34)c2)cc(OC)c1OC.COc1cc(-n2cnc(Nc3nc(N4CCC[C@@H]4C(N)=O)nn4c(CN5CCCCC5)ccc34)c2)cc(OC)c1OC.NC(=O)[C@H]1CCCN1. The Hall–Kier alpha value is -8.59. The monoisotopic (exact) mass is 1190 g/mol. The van der Waals surface area contributed by atoms with Crippen LogP contribution in [-0.2, 0) is 22.7 Å². The van der Waals surface area contributed by atoms with Crippen molar-refractivity contribution in [1.29, 1.82) is 0 Å². The van der Waals surface area contributed by atoms with Gasteiger partial charge in [0.05, 0.1) is 83.9 Å². The Morgan fingerprint density at radius 3 is 1.49 bits per heavy atom. The van der Waals surface area contributed by atoms with E-state index in [4.69, 9.17) is 61.6 Å². The minimum absolute atomic E-state index is 0.0463. The number of carbonyl (C=O) groups is 2. The number of imidazole rings is 2. The maximum Gasteiger partial charge on any atom is 0.246 e. The zero-order valence-corrected chi connectivity index (χ0v) is 49.7. The summed E-state index contributed by atoms with van der Waals surface area (Å²) in [4.78, 5) is 47.8. The maximum absolute atomic E-state index is 12.2. The Labute approximate surface area is 497 Å². The summed E-state index contributed by atoms with van der Waals surface area (Å²) in [6, 6.07) is 15.1. The number of ether oxygens (including phenoxy) is 6. The Morgan fingerprint density at radius 2 is 1.07 bits per heavy atom. The number of hydrogen-bond donors (Lipinski definition) is 5. The number of nitrogens with zero attached hydrogens (tertiary/aromatic N) is 13. The second kappa shape index (κ2) is 27.4. The summed E-state index contributed by atoms with van der Waals surface area (Å²) in [7, 11) is 9.49. The lowest BCUT2D eigenvalue weighted by Crippen LogP contribution is -2.41. The second-order valence-corrected chi connectivity index (χ2v) is 21.4. The molecule has 452 valence electrons. The predicted octanol–water partition coefficient (Wildman–Crippen LogP) is 6.67. The number of halogens is 1. The fraction of sp³-hybridized carbons (Fsp3) is 0.448. The Morgan fingerprint density at radius 1 is 0.588 bits per heavy atom. The molecule has 4 aliphatic heterocycles. The molecule has 27 heteroatoms. The molecule has 0 spiro atoms. The van der Waals surface area contributed by atoms with Gasteiger partial charge in [0, 0.05) is 43.9 Å². The van der Waals surface area contributed by atoms with Gasteiger partial charge < -0.3 is 69.9 Å². The molecule has 26 nitrogen and oxygen atoms in total. The number of rotatable bonds is 19. The molecule has 8 aromatic rings. The molecular formula is C58H75ClN18O8. The molecule has 2 amide bonds. The number of nitrogens with two attached hydrogens (primary N) is 2. The molecule has 2 atom stereocenters. The van der Waals surface area contributed by atoms with E-state index in [-0.39, 0.29) is 23.1 Å². The van der Waals surface area contributed by atoms with Crippen LogP contribution < -0.4 is 60.7 Å². The molecule has 4 fully saturated rings. The van der Waals surface area contributed by atoms with Gasteiger partial charge in [-0.05, 0) is 120 Å². The smallest absolute Gasteiger partial charge is 0.246 e. The van der Waals surface area contributed by atoms with Crippen LogP contribution in [0.5, 0.6) is 34.5 Å². The number of fused-ring (bicyclic) bond motifs is 2. The lowest BCUT2D eigenvalue weighted by molar-refractivity contribution is -0.120. The molecule has 0 unspecified atom stereocenters. The highest BCUT2D eigenvalue weighted by Crippen LogP contribution is 2.41. The van der Waals surface area contributed by atoms with Crippen molar-refractivity contribution in [2.75, 3.05) is 97.5 Å². The lowest BCUT2D eigenvalue weighted by Gasteiger charge is -2.26. The summed E-state index contributed by atoms with van der Waals surface area (Å²) in [5, 5.41) is 19.2. The van der Waals surface area contributed by atoms with Crippen molar-refractivity contribution >= 4 is 63.7 Å². The van der Waals surface area contributed by atoms with Crippen molar-refractivity contribution in [2.45, 2.75) is 89.4 Å². The number of nitrogens with one attached hydrogen (secondary N) is 3. The highest BCUT2D eigenvalue weighted by molar-refractivity contribution is 6.28. The molecular weight excluding hydrogens is 1110 g/mol. The average molecular weight is 1190 g/mol. The molecule has 0 aliphatic carbocycles. The molecule has 0 bridgehead atoms. The number of aromatic nitrogens is 10. The molecule has 0 saturated carbocycles. The van der Waals surface area contributed by atoms with Gasteiger partial charge in [0.15, 0.2) is 34.6 Å². The molecule has 4 saturated heterocycles. The van der Waals surface area contributed by atoms with E-state index in [2.05, 4.69) is 57.9 Å². The van der Waals surface area contributed by atoms with Crippen molar-refractivity contribution in [2.24, 2.45) is 11.5 Å². The van der Waals surface area contributed by atoms with Crippen molar-refractivity contribution in [3.8, 4) is 45.9 Å². The summed E-state index contributed by atoms with van der Waals surface area (Å²) in [6.45, 7) is 7.58. The van der Waals surface area contributed by atoms with Crippen LogP contribution in [0, 0.1) is 0 Å². The van der Waals surface area contributed by atoms with Crippen LogP contribution >= 0.6 is 11.6 Å². The van der Waals surface area contributed by atoms with Crippen molar-refractivity contribution in [3.05, 3.63) is 90.3 Å². The van der Waals surface area contributed by atoms with Crippen molar-refractivity contribution in [3.63, 3.8) is 0 Å². The van der Waals surface area contributed by atoms with Gasteiger partial charge >= 0.3 is 0 Å². The minimum Gasteiger partial charge on any atom is -0.493 e. The largest absolute Gasteiger partial charge is 0.493 e. The summed E-state index contributed by atoms with van der Waals surface area (Å²) < 4.78 is 40.4. The Bertz CT molecular complexity index is 3540. The standard InChI is InChI=1S/C29H37N9O4.C24H28ClN7O3.C5H10N2O/c1-40-23-14-20(15-24(41-2)26(23)42-3)36-17-25(31-18-36)32-28-22-10-9-19(16-35-11-5-4-6-12-35)38(22)34-29(33-28)37-13-7-8-21(37)27(30)39;1-33-19-11-17(12-20(34-2)22(19)35-3)31-14-21(26-15-31)27-23-18-8-7-16(32(18)29-24(25)28-23)13-30-9-5-4-6-10-30;6-5(8)4-2-1-3-7-4/h9-10,14-15,17-18,21H,4-8,11-13,16H2,1-3H3,(H2,30,39)(H,32,33,34);7-8,11-12,14-15H,4-6,9-10,13H2,1-3H3,(H,27,28,29);4,7H,1-3H2,(H2,6,8)/t21-;;4-/m1.1/s1. The first-order valence-corrected chi connectivity index (χ1v) is 29.0. The van der Waals surface area contributed by atoms with Gasteiger partial charge in [0.1, 0.15) is 41.4 Å². The van der Waals surface area contributed by atoms with Gasteiger partial charge in [-0.15, -0.1) is 10.2 Å². The van der Waals surface area contributed by atoms with Gasteiger partial charge in [0.2, 0.25) is 34.5 Å². The topological polar surface area (TPSA) is 283 Å². The van der Waals surface area contributed by atoms with Crippen molar-refractivity contribution < 1.29 is 38.0 Å². The number of primary amides is 2. The zero-order valence-electron chi connectivity index (χ0n) is 48.9. The predicted molar refractivity (Wildman–Crippen MR) is 322 cm³/mol. The number of benzene rings is 2. The van der Waals surface area contributed by atoms with Gasteiger partial charge in [0.25, 0.3) is 0 Å². The van der Waals surface area contributed by atoms with E-state index in [1.165, 1.54) is 38.5 Å². The van der Waals surface area contributed by atoms with Crippen LogP contribution in [0.25, 0.3) is 22.4 Å². The molecule has 7 N–H and O–H groups in total. The van der Waals surface area contributed by atoms with E-state index < -0.39 is 6.04 Å². The number of likely N-dealkylation sites (tertiary alicyclic amines) is 2. The number of anilines is 5. The molecule has 2 aromatic carbocycles. The van der Waals surface area contributed by atoms with Gasteiger partial charge in [-0.1, -0.05) is 12.8 Å². The van der Waals surface area contributed by atoms with Gasteiger partial charge in [-0.2, -0.15) is 9.97 Å². The molecule has 85 heavy (non-hydrogen) atoms. The normalized spacial score (nSPS) is 17.2. The minimum atomic E-state index is -0.435. The lowest BCUT2D eigenvalue weighted by atomic mass is 10.1. The summed E-state index contributed by atoms with van der Waals surface area (Å²) in [5.74, 6) is 5.50. The van der Waals surface area contributed by atoms with Crippen LogP contribution in [0.3, 0.4) is 0 Å². The number of hydrogen-bond acceptors (Lipinski definition) is 20. The highest BCUT2D eigenvalue weighted by atomic mass is 35.5. The first-order chi connectivity index (χ1) is 41.4. The molecule has 6 aromatic heterocycles. The fourth-order valence-electron chi connectivity index (χ4n) is 11.3. The molecule has 0 radical (unpaired) electrons. The molecule has 4 aliphatic rings. The van der Waals surface area contributed by atoms with E-state index in [1.807, 2.05) is 71.9 Å². The first-order valence-electron chi connectivity index (χ1n) is 28.6. The zero-order chi connectivity index (χ0) is 59.6. The number of methoxy groups -OCH3 is 6. The Balaban J connectivity index is 0.000000169. The van der Waals surface area contributed by atoms with Crippen LogP contribution in [0.4, 0.5) is 29.2 Å². The van der Waals surface area contributed by atoms with Crippen LogP contribution in [0.1, 0.15) is 75.6 Å².